The third-order valence-corrected chi connectivity index (χ3v) is 5.39. The van der Waals surface area contributed by atoms with Gasteiger partial charge in [-0.2, -0.15) is 5.26 Å². The molecule has 0 saturated heterocycles. The number of amides is 2. The average molecular weight is 439 g/mol. The lowest BCUT2D eigenvalue weighted by Gasteiger charge is -2.27. The molecule has 32 heavy (non-hydrogen) atoms. The second-order valence-electron chi connectivity index (χ2n) is 7.83. The molecule has 1 aromatic rings. The molecule has 0 aliphatic carbocycles. The van der Waals surface area contributed by atoms with Crippen molar-refractivity contribution < 1.29 is 19.1 Å². The summed E-state index contributed by atoms with van der Waals surface area (Å²) in [5.41, 5.74) is 1.54. The second-order valence-corrected chi connectivity index (χ2v) is 7.83. The van der Waals surface area contributed by atoms with Crippen LogP contribution < -0.4 is 9.47 Å². The van der Waals surface area contributed by atoms with E-state index in [-0.39, 0.29) is 11.5 Å². The number of hydrogen-bond donors (Lipinski definition) is 0. The molecule has 0 radical (unpaired) electrons. The molecule has 0 bridgehead atoms. The summed E-state index contributed by atoms with van der Waals surface area (Å²) in [6, 6.07) is 7.50. The van der Waals surface area contributed by atoms with Gasteiger partial charge in [0.1, 0.15) is 11.6 Å². The topological polar surface area (TPSA) is 79.6 Å². The van der Waals surface area contributed by atoms with Gasteiger partial charge in [-0.15, -0.1) is 0 Å². The van der Waals surface area contributed by atoms with Gasteiger partial charge in [-0.3, -0.25) is 14.5 Å². The van der Waals surface area contributed by atoms with Crippen LogP contribution in [0, 0.1) is 11.3 Å². The molecule has 0 spiro atoms. The number of rotatable bonds is 12. The quantitative estimate of drug-likeness (QED) is 0.247. The van der Waals surface area contributed by atoms with E-state index in [0.29, 0.717) is 42.4 Å². The molecule has 1 aromatic carbocycles. The Labute approximate surface area is 191 Å². The van der Waals surface area contributed by atoms with Crippen molar-refractivity contribution in [2.75, 3.05) is 19.8 Å². The van der Waals surface area contributed by atoms with Crippen LogP contribution in [0.15, 0.2) is 34.9 Å². The van der Waals surface area contributed by atoms with Crippen LogP contribution in [0.25, 0.3) is 6.08 Å². The summed E-state index contributed by atoms with van der Waals surface area (Å²) in [5.74, 6) is 0.411. The first-order valence-electron chi connectivity index (χ1n) is 11.6. The largest absolute Gasteiger partial charge is 0.490 e. The van der Waals surface area contributed by atoms with Crippen LogP contribution in [0.4, 0.5) is 0 Å². The number of ether oxygens (including phenoxy) is 2. The fourth-order valence-corrected chi connectivity index (χ4v) is 3.52. The normalized spacial score (nSPS) is 15.3. The molecule has 1 aliphatic heterocycles. The predicted molar refractivity (Wildman–Crippen MR) is 125 cm³/mol. The highest BCUT2D eigenvalue weighted by Crippen LogP contribution is 2.32. The summed E-state index contributed by atoms with van der Waals surface area (Å²) in [6.45, 7) is 9.18. The third kappa shape index (κ3) is 6.23. The van der Waals surface area contributed by atoms with Crippen molar-refractivity contribution in [3.05, 3.63) is 40.5 Å². The summed E-state index contributed by atoms with van der Waals surface area (Å²) >= 11 is 0. The third-order valence-electron chi connectivity index (χ3n) is 5.39. The minimum atomic E-state index is -0.502. The molecule has 1 aliphatic rings. The van der Waals surface area contributed by atoms with Gasteiger partial charge in [-0.05, 0) is 56.0 Å². The summed E-state index contributed by atoms with van der Waals surface area (Å²) in [6.07, 6.45) is 7.50. The Bertz CT molecular complexity index is 924. The van der Waals surface area contributed by atoms with Gasteiger partial charge in [-0.25, -0.2) is 0 Å². The predicted octanol–water partition coefficient (Wildman–Crippen LogP) is 5.44. The molecule has 2 rings (SSSR count). The minimum absolute atomic E-state index is 0.0240. The number of hydrogen-bond acceptors (Lipinski definition) is 5. The van der Waals surface area contributed by atoms with E-state index in [9.17, 15) is 14.9 Å². The van der Waals surface area contributed by atoms with E-state index in [1.54, 1.807) is 13.0 Å². The summed E-state index contributed by atoms with van der Waals surface area (Å²) < 4.78 is 11.6. The zero-order valence-electron chi connectivity index (χ0n) is 19.7. The number of nitrogens with zero attached hydrogens (tertiary/aromatic N) is 2. The first-order chi connectivity index (χ1) is 15.5. The molecule has 0 N–H and O–H groups in total. The first kappa shape index (κ1) is 25.2. The maximum atomic E-state index is 13.2. The number of nitriles is 1. The zero-order chi connectivity index (χ0) is 23.5. The van der Waals surface area contributed by atoms with E-state index in [4.69, 9.17) is 9.47 Å². The first-order valence-corrected chi connectivity index (χ1v) is 11.6. The van der Waals surface area contributed by atoms with Gasteiger partial charge in [0.25, 0.3) is 11.8 Å². The van der Waals surface area contributed by atoms with Crippen LogP contribution in [0.1, 0.15) is 71.8 Å². The van der Waals surface area contributed by atoms with Crippen LogP contribution in [0.2, 0.25) is 0 Å². The summed E-state index contributed by atoms with van der Waals surface area (Å²) in [5, 5.41) is 9.55. The van der Waals surface area contributed by atoms with Crippen molar-refractivity contribution >= 4 is 17.9 Å². The standard InChI is InChI=1S/C26H34N2O4/c1-5-8-10-11-14-28-25(29)21(19(4)22(18-27)26(28)30)16-20-12-13-23(32-15-9-6-2)24(17-20)31-7-3/h12-13,16-17H,5-11,14-15H2,1-4H3/b21-16+. The van der Waals surface area contributed by atoms with Crippen molar-refractivity contribution in [1.29, 1.82) is 5.26 Å². The fraction of sp³-hybridized carbons (Fsp3) is 0.500. The van der Waals surface area contributed by atoms with Gasteiger partial charge in [0.15, 0.2) is 11.5 Å². The Morgan fingerprint density at radius 3 is 2.38 bits per heavy atom. The van der Waals surface area contributed by atoms with Gasteiger partial charge in [0.05, 0.1) is 13.2 Å². The average Bonchev–Trinajstić information content (AvgIpc) is 2.78. The summed E-state index contributed by atoms with van der Waals surface area (Å²) in [4.78, 5) is 27.1. The molecule has 1 heterocycles. The van der Waals surface area contributed by atoms with Crippen molar-refractivity contribution in [2.45, 2.75) is 66.2 Å². The molecule has 0 fully saturated rings. The Balaban J connectivity index is 2.38. The number of carbonyl (C=O) groups is 2. The molecule has 6 nitrogen and oxygen atoms in total. The van der Waals surface area contributed by atoms with Crippen molar-refractivity contribution in [2.24, 2.45) is 0 Å². The molecule has 0 saturated carbocycles. The Morgan fingerprint density at radius 2 is 1.72 bits per heavy atom. The maximum Gasteiger partial charge on any atom is 0.271 e. The second kappa shape index (κ2) is 12.7. The molecule has 2 amide bonds. The van der Waals surface area contributed by atoms with Crippen LogP contribution in [0.3, 0.4) is 0 Å². The van der Waals surface area contributed by atoms with Crippen molar-refractivity contribution in [3.8, 4) is 17.6 Å². The van der Waals surface area contributed by atoms with E-state index in [2.05, 4.69) is 13.8 Å². The van der Waals surface area contributed by atoms with E-state index in [1.165, 1.54) is 4.90 Å². The molecular formula is C26H34N2O4. The van der Waals surface area contributed by atoms with Crippen LogP contribution in [-0.4, -0.2) is 36.5 Å². The van der Waals surface area contributed by atoms with Crippen LogP contribution >= 0.6 is 0 Å². The van der Waals surface area contributed by atoms with E-state index in [1.807, 2.05) is 31.2 Å². The highest BCUT2D eigenvalue weighted by Gasteiger charge is 2.35. The molecule has 6 heteroatoms. The molecule has 172 valence electrons. The van der Waals surface area contributed by atoms with Crippen molar-refractivity contribution in [3.63, 3.8) is 0 Å². The molecular weight excluding hydrogens is 404 g/mol. The van der Waals surface area contributed by atoms with Crippen LogP contribution in [0.5, 0.6) is 11.5 Å². The molecule has 0 atom stereocenters. The smallest absolute Gasteiger partial charge is 0.271 e. The van der Waals surface area contributed by atoms with Gasteiger partial charge in [0.2, 0.25) is 0 Å². The minimum Gasteiger partial charge on any atom is -0.490 e. The Morgan fingerprint density at radius 1 is 0.969 bits per heavy atom. The lowest BCUT2D eigenvalue weighted by atomic mass is 9.93. The highest BCUT2D eigenvalue weighted by atomic mass is 16.5. The Hall–Kier alpha value is -3.07. The van der Waals surface area contributed by atoms with Gasteiger partial charge in [0, 0.05) is 12.1 Å². The van der Waals surface area contributed by atoms with Crippen LogP contribution in [-0.2, 0) is 9.59 Å². The van der Waals surface area contributed by atoms with E-state index < -0.39 is 5.91 Å². The number of carbonyl (C=O) groups excluding carboxylic acids is 2. The van der Waals surface area contributed by atoms with E-state index >= 15 is 0 Å². The van der Waals surface area contributed by atoms with Gasteiger partial charge < -0.3 is 9.47 Å². The highest BCUT2D eigenvalue weighted by molar-refractivity contribution is 6.19. The van der Waals surface area contributed by atoms with Gasteiger partial charge >= 0.3 is 0 Å². The SMILES string of the molecule is CCCCCCN1C(=O)C(C#N)=C(C)/C(=C\c2ccc(OCCCC)c(OCC)c2)C1=O. The van der Waals surface area contributed by atoms with Crippen molar-refractivity contribution in [1.82, 2.24) is 4.90 Å². The maximum absolute atomic E-state index is 13.2. The number of imide groups is 1. The van der Waals surface area contributed by atoms with E-state index in [0.717, 1.165) is 44.1 Å². The Kier molecular flexibility index (Phi) is 10.0. The number of benzene rings is 1. The monoisotopic (exact) mass is 438 g/mol. The molecule has 0 aromatic heterocycles. The number of unbranched alkanes of at least 4 members (excludes halogenated alkanes) is 4. The lowest BCUT2D eigenvalue weighted by Crippen LogP contribution is -2.43. The molecule has 0 unspecified atom stereocenters. The fourth-order valence-electron chi connectivity index (χ4n) is 3.52. The van der Waals surface area contributed by atoms with Gasteiger partial charge in [-0.1, -0.05) is 45.6 Å². The lowest BCUT2D eigenvalue weighted by molar-refractivity contribution is -0.140. The zero-order valence-corrected chi connectivity index (χ0v) is 19.7. The summed E-state index contributed by atoms with van der Waals surface area (Å²) in [7, 11) is 0.